The highest BCUT2D eigenvalue weighted by Crippen LogP contribution is 2.41. The van der Waals surface area contributed by atoms with Crippen LogP contribution in [0.4, 0.5) is 24.7 Å². The van der Waals surface area contributed by atoms with Crippen molar-refractivity contribution in [2.75, 3.05) is 0 Å². The van der Waals surface area contributed by atoms with Crippen molar-refractivity contribution in [1.29, 1.82) is 0 Å². The smallest absolute Gasteiger partial charge is 0.417 e. The Morgan fingerprint density at radius 3 is 2.52 bits per heavy atom. The van der Waals surface area contributed by atoms with Crippen LogP contribution in [-0.2, 0) is 6.18 Å². The van der Waals surface area contributed by atoms with Crippen molar-refractivity contribution in [3.05, 3.63) is 57.9 Å². The third-order valence-corrected chi connectivity index (χ3v) is 3.42. The van der Waals surface area contributed by atoms with Gasteiger partial charge in [0, 0.05) is 18.3 Å². The summed E-state index contributed by atoms with van der Waals surface area (Å²) in [5, 5.41) is 16.9. The standard InChI is InChI=1S/C13H7ClF3N3O/c14-10-2-1-3-11-9(10)7-19-20(11,21)12-5-4-8(6-18-12)13(15,16)17/h1-7H. The molecule has 0 N–H and O–H groups in total. The molecule has 1 aromatic carbocycles. The molecule has 4 nitrogen and oxygen atoms in total. The van der Waals surface area contributed by atoms with Crippen LogP contribution in [0.5, 0.6) is 0 Å². The molecule has 3 rings (SSSR count). The maximum atomic E-state index is 12.8. The quantitative estimate of drug-likeness (QED) is 0.584. The Morgan fingerprint density at radius 2 is 1.90 bits per heavy atom. The lowest BCUT2D eigenvalue weighted by molar-refractivity contribution is -0.137. The molecule has 1 aromatic heterocycles. The summed E-state index contributed by atoms with van der Waals surface area (Å²) in [5.74, 6) is -0.166. The normalized spacial score (nSPS) is 20.6. The van der Waals surface area contributed by atoms with Crippen LogP contribution in [-0.4, -0.2) is 11.2 Å². The molecule has 2 heterocycles. The first kappa shape index (κ1) is 14.0. The molecule has 1 aliphatic rings. The van der Waals surface area contributed by atoms with Gasteiger partial charge in [-0.3, -0.25) is 0 Å². The number of alkyl halides is 3. The molecule has 21 heavy (non-hydrogen) atoms. The monoisotopic (exact) mass is 313 g/mol. The summed E-state index contributed by atoms with van der Waals surface area (Å²) < 4.78 is 36.2. The molecule has 108 valence electrons. The van der Waals surface area contributed by atoms with E-state index in [-0.39, 0.29) is 11.5 Å². The van der Waals surface area contributed by atoms with Crippen molar-refractivity contribution < 1.29 is 13.2 Å². The van der Waals surface area contributed by atoms with Crippen LogP contribution in [0.25, 0.3) is 0 Å². The maximum Gasteiger partial charge on any atom is 0.417 e. The highest BCUT2D eigenvalue weighted by molar-refractivity contribution is 6.34. The van der Waals surface area contributed by atoms with Crippen LogP contribution in [0.2, 0.25) is 5.02 Å². The number of nitrogens with zero attached hydrogens (tertiary/aromatic N) is 3. The number of hydrogen-bond acceptors (Lipinski definition) is 3. The Balaban J connectivity index is 2.07. The van der Waals surface area contributed by atoms with Crippen molar-refractivity contribution in [2.45, 2.75) is 6.18 Å². The zero-order chi connectivity index (χ0) is 15.3. The third-order valence-electron chi connectivity index (χ3n) is 3.09. The van der Waals surface area contributed by atoms with Gasteiger partial charge >= 0.3 is 6.18 Å². The van der Waals surface area contributed by atoms with E-state index < -0.39 is 16.5 Å². The van der Waals surface area contributed by atoms with Crippen molar-refractivity contribution in [3.63, 3.8) is 0 Å². The Kier molecular flexibility index (Phi) is 3.01. The number of hydrogen-bond donors (Lipinski definition) is 0. The molecule has 0 fully saturated rings. The SMILES string of the molecule is [O-][N+]1(c2ccc(C(F)(F)F)cn2)N=Cc2c(Cl)cccc21. The van der Waals surface area contributed by atoms with E-state index in [9.17, 15) is 18.4 Å². The van der Waals surface area contributed by atoms with Gasteiger partial charge in [-0.2, -0.15) is 13.2 Å². The second-order valence-corrected chi connectivity index (χ2v) is 4.80. The fraction of sp³-hybridized carbons (Fsp3) is 0.0769. The van der Waals surface area contributed by atoms with Gasteiger partial charge < -0.3 is 5.21 Å². The van der Waals surface area contributed by atoms with Gasteiger partial charge in [0.1, 0.15) is 0 Å². The summed E-state index contributed by atoms with van der Waals surface area (Å²) in [6.07, 6.45) is -2.59. The van der Waals surface area contributed by atoms with Gasteiger partial charge in [-0.25, -0.2) is 4.98 Å². The van der Waals surface area contributed by atoms with E-state index in [0.29, 0.717) is 16.8 Å². The number of pyridine rings is 1. The molecular weight excluding hydrogens is 307 g/mol. The molecule has 2 aromatic rings. The van der Waals surface area contributed by atoms with Crippen LogP contribution >= 0.6 is 11.6 Å². The predicted octanol–water partition coefficient (Wildman–Crippen LogP) is 4.24. The van der Waals surface area contributed by atoms with Crippen molar-refractivity contribution in [3.8, 4) is 0 Å². The van der Waals surface area contributed by atoms with Gasteiger partial charge in [0.2, 0.25) is 0 Å². The van der Waals surface area contributed by atoms with Crippen molar-refractivity contribution >= 4 is 29.3 Å². The van der Waals surface area contributed by atoms with Crippen LogP contribution in [0.1, 0.15) is 11.1 Å². The van der Waals surface area contributed by atoms with Gasteiger partial charge in [0.25, 0.3) is 5.82 Å². The number of aromatic nitrogens is 1. The minimum absolute atomic E-state index is 0.166. The van der Waals surface area contributed by atoms with E-state index in [1.54, 1.807) is 12.1 Å². The second-order valence-electron chi connectivity index (χ2n) is 4.40. The van der Waals surface area contributed by atoms with Crippen LogP contribution in [0, 0.1) is 5.21 Å². The third kappa shape index (κ3) is 2.19. The van der Waals surface area contributed by atoms with Crippen LogP contribution in [0.15, 0.2) is 41.6 Å². The van der Waals surface area contributed by atoms with Crippen LogP contribution < -0.4 is 4.76 Å². The summed E-state index contributed by atoms with van der Waals surface area (Å²) in [6, 6.07) is 6.51. The molecule has 8 heteroatoms. The lowest BCUT2D eigenvalue weighted by Gasteiger charge is -2.30. The molecule has 1 unspecified atom stereocenters. The molecule has 0 bridgehead atoms. The van der Waals surface area contributed by atoms with E-state index >= 15 is 0 Å². The molecule has 1 atom stereocenters. The average Bonchev–Trinajstić information content (AvgIpc) is 2.79. The van der Waals surface area contributed by atoms with Gasteiger partial charge in [-0.15, -0.1) is 4.76 Å². The minimum atomic E-state index is -4.51. The fourth-order valence-electron chi connectivity index (χ4n) is 2.03. The van der Waals surface area contributed by atoms with E-state index in [1.807, 2.05) is 0 Å². The molecule has 0 saturated carbocycles. The topological polar surface area (TPSA) is 48.3 Å². The lowest BCUT2D eigenvalue weighted by atomic mass is 10.2. The fourth-order valence-corrected chi connectivity index (χ4v) is 2.25. The maximum absolute atomic E-state index is 12.8. The van der Waals surface area contributed by atoms with Crippen molar-refractivity contribution in [1.82, 2.24) is 9.74 Å². The molecule has 0 saturated heterocycles. The summed E-state index contributed by atoms with van der Waals surface area (Å²) >= 11 is 5.96. The summed E-state index contributed by atoms with van der Waals surface area (Å²) in [4.78, 5) is 3.61. The molecular formula is C13H7ClF3N3O. The van der Waals surface area contributed by atoms with Crippen LogP contribution in [0.3, 0.4) is 0 Å². The molecule has 0 aliphatic carbocycles. The minimum Gasteiger partial charge on any atom is -0.593 e. The summed E-state index contributed by atoms with van der Waals surface area (Å²) in [7, 11) is 0. The first-order valence-electron chi connectivity index (χ1n) is 5.81. The Morgan fingerprint density at radius 1 is 1.14 bits per heavy atom. The van der Waals surface area contributed by atoms with E-state index in [0.717, 1.165) is 12.1 Å². The Bertz CT molecular complexity index is 730. The van der Waals surface area contributed by atoms with Gasteiger partial charge in [-0.1, -0.05) is 22.8 Å². The highest BCUT2D eigenvalue weighted by atomic mass is 35.5. The number of benzene rings is 1. The number of fused-ring (bicyclic) bond motifs is 1. The highest BCUT2D eigenvalue weighted by Gasteiger charge is 2.36. The van der Waals surface area contributed by atoms with Gasteiger partial charge in [-0.05, 0) is 12.1 Å². The van der Waals surface area contributed by atoms with Gasteiger partial charge in [0.05, 0.1) is 22.4 Å². The Labute approximate surface area is 122 Å². The Hall–Kier alpha value is -1.96. The number of rotatable bonds is 1. The first-order chi connectivity index (χ1) is 9.82. The van der Waals surface area contributed by atoms with Gasteiger partial charge in [0.15, 0.2) is 5.69 Å². The number of quaternary nitrogens is 1. The molecule has 0 spiro atoms. The van der Waals surface area contributed by atoms with Crippen molar-refractivity contribution in [2.24, 2.45) is 5.10 Å². The predicted molar refractivity (Wildman–Crippen MR) is 73.1 cm³/mol. The zero-order valence-corrected chi connectivity index (χ0v) is 11.1. The summed E-state index contributed by atoms with van der Waals surface area (Å²) in [5.41, 5.74) is -0.266. The summed E-state index contributed by atoms with van der Waals surface area (Å²) in [6.45, 7) is 0. The zero-order valence-electron chi connectivity index (χ0n) is 10.3. The van der Waals surface area contributed by atoms with E-state index in [1.165, 1.54) is 12.3 Å². The van der Waals surface area contributed by atoms with E-state index in [2.05, 4.69) is 10.1 Å². The van der Waals surface area contributed by atoms with E-state index in [4.69, 9.17) is 11.6 Å². The molecule has 0 amide bonds. The average molecular weight is 314 g/mol. The largest absolute Gasteiger partial charge is 0.593 e. The molecule has 1 aliphatic heterocycles. The first-order valence-corrected chi connectivity index (χ1v) is 6.19. The lowest BCUT2D eigenvalue weighted by Crippen LogP contribution is -2.29. The second kappa shape index (κ2) is 4.52. The molecule has 0 radical (unpaired) electrons. The number of halogens is 4.